The van der Waals surface area contributed by atoms with Crippen molar-refractivity contribution in [2.45, 2.75) is 32.1 Å². The van der Waals surface area contributed by atoms with Crippen LogP contribution in [0, 0.1) is 0 Å². The number of hydrogen-bond donors (Lipinski definition) is 2. The van der Waals surface area contributed by atoms with Gasteiger partial charge in [0.25, 0.3) is 0 Å². The molecular formula is C13H23N3OS. The monoisotopic (exact) mass is 269 g/mol. The first-order valence-corrected chi connectivity index (χ1v) is 7.11. The van der Waals surface area contributed by atoms with E-state index in [1.807, 2.05) is 23.9 Å². The minimum atomic E-state index is 0.312. The van der Waals surface area contributed by atoms with Crippen LogP contribution in [0.25, 0.3) is 0 Å². The van der Waals surface area contributed by atoms with Gasteiger partial charge in [-0.3, -0.25) is 4.99 Å². The molecule has 0 unspecified atom stereocenters. The number of rotatable bonds is 5. The third kappa shape index (κ3) is 6.59. The van der Waals surface area contributed by atoms with Crippen LogP contribution in [0.5, 0.6) is 0 Å². The van der Waals surface area contributed by atoms with Crippen LogP contribution in [0.15, 0.2) is 27.8 Å². The molecule has 0 amide bonds. The van der Waals surface area contributed by atoms with Crippen molar-refractivity contribution in [3.8, 4) is 0 Å². The summed E-state index contributed by atoms with van der Waals surface area (Å²) in [5, 5.41) is 6.49. The van der Waals surface area contributed by atoms with Gasteiger partial charge in [0.2, 0.25) is 0 Å². The zero-order chi connectivity index (χ0) is 13.4. The summed E-state index contributed by atoms with van der Waals surface area (Å²) < 4.78 is 5.56. The summed E-state index contributed by atoms with van der Waals surface area (Å²) >= 11 is 1.94. The first-order chi connectivity index (χ1) is 8.51. The zero-order valence-electron chi connectivity index (χ0n) is 11.6. The maximum atomic E-state index is 5.25. The summed E-state index contributed by atoms with van der Waals surface area (Å²) in [7, 11) is 1.77. The molecule has 0 aliphatic heterocycles. The molecule has 0 bridgehead atoms. The van der Waals surface area contributed by atoms with E-state index in [1.165, 1.54) is 0 Å². The van der Waals surface area contributed by atoms with Crippen LogP contribution in [0.3, 0.4) is 0 Å². The van der Waals surface area contributed by atoms with Crippen LogP contribution < -0.4 is 10.6 Å². The predicted octanol–water partition coefficient (Wildman–Crippen LogP) is 2.48. The van der Waals surface area contributed by atoms with Gasteiger partial charge in [-0.25, -0.2) is 0 Å². The third-order valence-electron chi connectivity index (χ3n) is 2.16. The van der Waals surface area contributed by atoms with E-state index in [-0.39, 0.29) is 0 Å². The van der Waals surface area contributed by atoms with Crippen molar-refractivity contribution in [3.05, 3.63) is 24.2 Å². The van der Waals surface area contributed by atoms with Crippen molar-refractivity contribution in [3.63, 3.8) is 0 Å². The van der Waals surface area contributed by atoms with Crippen LogP contribution >= 0.6 is 11.8 Å². The molecule has 0 aliphatic carbocycles. The number of nitrogens with zero attached hydrogens (tertiary/aromatic N) is 1. The molecule has 1 rings (SSSR count). The van der Waals surface area contributed by atoms with Gasteiger partial charge in [-0.15, -0.1) is 0 Å². The van der Waals surface area contributed by atoms with Crippen molar-refractivity contribution >= 4 is 17.7 Å². The largest absolute Gasteiger partial charge is 0.467 e. The van der Waals surface area contributed by atoms with E-state index in [1.54, 1.807) is 13.3 Å². The minimum absolute atomic E-state index is 0.312. The van der Waals surface area contributed by atoms with E-state index >= 15 is 0 Å². The average molecular weight is 269 g/mol. The molecule has 1 aromatic rings. The van der Waals surface area contributed by atoms with Crippen LogP contribution in [-0.2, 0) is 6.54 Å². The van der Waals surface area contributed by atoms with Gasteiger partial charge in [-0.05, 0) is 12.1 Å². The summed E-state index contributed by atoms with van der Waals surface area (Å²) in [6.45, 7) is 8.23. The topological polar surface area (TPSA) is 49.6 Å². The highest BCUT2D eigenvalue weighted by Gasteiger charge is 2.09. The van der Waals surface area contributed by atoms with E-state index in [2.05, 4.69) is 36.4 Å². The Morgan fingerprint density at radius 3 is 2.72 bits per heavy atom. The molecule has 5 heteroatoms. The lowest BCUT2D eigenvalue weighted by molar-refractivity contribution is 0.501. The van der Waals surface area contributed by atoms with Crippen molar-refractivity contribution < 1.29 is 4.42 Å². The Morgan fingerprint density at radius 1 is 1.39 bits per heavy atom. The smallest absolute Gasteiger partial charge is 0.191 e. The maximum absolute atomic E-state index is 5.25. The van der Waals surface area contributed by atoms with Gasteiger partial charge in [-0.2, -0.15) is 11.8 Å². The molecule has 0 atom stereocenters. The molecule has 0 aliphatic rings. The summed E-state index contributed by atoms with van der Waals surface area (Å²) in [4.78, 5) is 4.16. The molecule has 0 fully saturated rings. The molecule has 0 aromatic carbocycles. The SMILES string of the molecule is CN=C(NCCSC(C)(C)C)NCc1ccco1. The lowest BCUT2D eigenvalue weighted by Crippen LogP contribution is -2.38. The van der Waals surface area contributed by atoms with E-state index in [0.717, 1.165) is 24.0 Å². The highest BCUT2D eigenvalue weighted by atomic mass is 32.2. The number of thioether (sulfide) groups is 1. The van der Waals surface area contributed by atoms with E-state index in [0.29, 0.717) is 11.3 Å². The molecule has 4 nitrogen and oxygen atoms in total. The van der Waals surface area contributed by atoms with E-state index < -0.39 is 0 Å². The summed E-state index contributed by atoms with van der Waals surface area (Å²) in [5.74, 6) is 2.77. The lowest BCUT2D eigenvalue weighted by Gasteiger charge is -2.18. The van der Waals surface area contributed by atoms with Gasteiger partial charge in [0.05, 0.1) is 12.8 Å². The minimum Gasteiger partial charge on any atom is -0.467 e. The van der Waals surface area contributed by atoms with Crippen LogP contribution in [0.4, 0.5) is 0 Å². The number of aliphatic imine (C=N–C) groups is 1. The second-order valence-corrected chi connectivity index (χ2v) is 6.81. The maximum Gasteiger partial charge on any atom is 0.191 e. The molecular weight excluding hydrogens is 246 g/mol. The first kappa shape index (κ1) is 15.0. The summed E-state index contributed by atoms with van der Waals surface area (Å²) in [6.07, 6.45) is 1.67. The van der Waals surface area contributed by atoms with Gasteiger partial charge in [-0.1, -0.05) is 20.8 Å². The Balaban J connectivity index is 2.18. The Labute approximate surface area is 114 Å². The fourth-order valence-electron chi connectivity index (χ4n) is 1.33. The molecule has 2 N–H and O–H groups in total. The molecule has 0 radical (unpaired) electrons. The zero-order valence-corrected chi connectivity index (χ0v) is 12.4. The fourth-order valence-corrected chi connectivity index (χ4v) is 2.15. The van der Waals surface area contributed by atoms with Gasteiger partial charge >= 0.3 is 0 Å². The highest BCUT2D eigenvalue weighted by Crippen LogP contribution is 2.21. The van der Waals surface area contributed by atoms with Crippen molar-refractivity contribution in [2.24, 2.45) is 4.99 Å². The molecule has 0 saturated carbocycles. The van der Waals surface area contributed by atoms with Crippen LogP contribution in [0.2, 0.25) is 0 Å². The van der Waals surface area contributed by atoms with E-state index in [4.69, 9.17) is 4.42 Å². The van der Waals surface area contributed by atoms with Crippen molar-refractivity contribution in [1.82, 2.24) is 10.6 Å². The summed E-state index contributed by atoms with van der Waals surface area (Å²) in [6, 6.07) is 3.82. The second kappa shape index (κ2) is 7.36. The first-order valence-electron chi connectivity index (χ1n) is 6.12. The third-order valence-corrected chi connectivity index (χ3v) is 3.44. The standard InChI is InChI=1S/C13H23N3OS/c1-13(2,3)18-9-7-15-12(14-4)16-10-11-6-5-8-17-11/h5-6,8H,7,9-10H2,1-4H3,(H2,14,15,16). The van der Waals surface area contributed by atoms with E-state index in [9.17, 15) is 0 Å². The quantitative estimate of drug-likeness (QED) is 0.490. The second-order valence-electron chi connectivity index (χ2n) is 4.89. The Bertz CT molecular complexity index is 355. The molecule has 1 heterocycles. The van der Waals surface area contributed by atoms with Gasteiger partial charge in [0.15, 0.2) is 5.96 Å². The molecule has 0 spiro atoms. The van der Waals surface area contributed by atoms with Crippen molar-refractivity contribution in [2.75, 3.05) is 19.3 Å². The van der Waals surface area contributed by atoms with Crippen LogP contribution in [-0.4, -0.2) is 30.1 Å². The van der Waals surface area contributed by atoms with Gasteiger partial charge in [0.1, 0.15) is 5.76 Å². The van der Waals surface area contributed by atoms with Gasteiger partial charge in [0, 0.05) is 24.1 Å². The van der Waals surface area contributed by atoms with Crippen molar-refractivity contribution in [1.29, 1.82) is 0 Å². The lowest BCUT2D eigenvalue weighted by atomic mass is 10.3. The Hall–Kier alpha value is -1.10. The van der Waals surface area contributed by atoms with Gasteiger partial charge < -0.3 is 15.1 Å². The highest BCUT2D eigenvalue weighted by molar-refractivity contribution is 8.00. The Kier molecular flexibility index (Phi) is 6.12. The number of hydrogen-bond acceptors (Lipinski definition) is 3. The average Bonchev–Trinajstić information content (AvgIpc) is 2.79. The normalized spacial score (nSPS) is 12.6. The molecule has 1 aromatic heterocycles. The predicted molar refractivity (Wildman–Crippen MR) is 79.1 cm³/mol. The molecule has 0 saturated heterocycles. The molecule has 18 heavy (non-hydrogen) atoms. The summed E-state index contributed by atoms with van der Waals surface area (Å²) in [5.41, 5.74) is 0. The molecule has 102 valence electrons. The van der Waals surface area contributed by atoms with Crippen LogP contribution in [0.1, 0.15) is 26.5 Å². The number of nitrogens with one attached hydrogen (secondary N) is 2. The Morgan fingerprint density at radius 2 is 2.17 bits per heavy atom. The number of guanidine groups is 1. The fraction of sp³-hybridized carbons (Fsp3) is 0.615. The number of furan rings is 1.